The molecule has 1 unspecified atom stereocenters. The molecule has 1 aliphatic rings. The van der Waals surface area contributed by atoms with Crippen molar-refractivity contribution in [1.82, 2.24) is 10.6 Å². The van der Waals surface area contributed by atoms with Crippen LogP contribution in [0.1, 0.15) is 20.3 Å². The molecule has 1 aromatic carbocycles. The third-order valence-corrected chi connectivity index (χ3v) is 3.25. The first kappa shape index (κ1) is 15.7. The van der Waals surface area contributed by atoms with E-state index in [-0.39, 0.29) is 6.54 Å². The quantitative estimate of drug-likeness (QED) is 0.873. The number of hydrogen-bond acceptors (Lipinski definition) is 3. The predicted octanol–water partition coefficient (Wildman–Crippen LogP) is 1.96. The van der Waals surface area contributed by atoms with E-state index in [0.717, 1.165) is 0 Å². The SMILES string of the molecule is CC(C)(CNC(=O)C1CC(F)(F)CN1)Oc1ccccc1. The molecule has 1 aromatic rings. The van der Waals surface area contributed by atoms with E-state index in [1.54, 1.807) is 0 Å². The second kappa shape index (κ2) is 5.97. The molecule has 2 rings (SSSR count). The number of nitrogens with one attached hydrogen (secondary N) is 2. The summed E-state index contributed by atoms with van der Waals surface area (Å²) in [6.45, 7) is 3.45. The Morgan fingerprint density at radius 3 is 2.67 bits per heavy atom. The smallest absolute Gasteiger partial charge is 0.262 e. The van der Waals surface area contributed by atoms with E-state index in [1.165, 1.54) is 0 Å². The topological polar surface area (TPSA) is 50.4 Å². The summed E-state index contributed by atoms with van der Waals surface area (Å²) in [5.41, 5.74) is -0.627. The van der Waals surface area contributed by atoms with Crippen LogP contribution in [0.3, 0.4) is 0 Å². The molecule has 6 heteroatoms. The predicted molar refractivity (Wildman–Crippen MR) is 75.5 cm³/mol. The van der Waals surface area contributed by atoms with Crippen LogP contribution in [0.15, 0.2) is 30.3 Å². The third kappa shape index (κ3) is 4.67. The number of carbonyl (C=O) groups excluding carboxylic acids is 1. The van der Waals surface area contributed by atoms with E-state index >= 15 is 0 Å². The van der Waals surface area contributed by atoms with Crippen molar-refractivity contribution in [1.29, 1.82) is 0 Å². The van der Waals surface area contributed by atoms with Crippen molar-refractivity contribution in [3.8, 4) is 5.75 Å². The number of halogens is 2. The number of rotatable bonds is 5. The van der Waals surface area contributed by atoms with Crippen LogP contribution in [0, 0.1) is 0 Å². The van der Waals surface area contributed by atoms with Crippen LogP contribution < -0.4 is 15.4 Å². The molecule has 0 saturated carbocycles. The van der Waals surface area contributed by atoms with Gasteiger partial charge in [0.2, 0.25) is 5.91 Å². The Balaban J connectivity index is 1.83. The molecule has 0 aromatic heterocycles. The minimum atomic E-state index is -2.81. The maximum atomic E-state index is 13.0. The summed E-state index contributed by atoms with van der Waals surface area (Å²) in [5.74, 6) is -2.53. The Morgan fingerprint density at radius 1 is 1.43 bits per heavy atom. The highest BCUT2D eigenvalue weighted by molar-refractivity contribution is 5.82. The van der Waals surface area contributed by atoms with Gasteiger partial charge in [0, 0.05) is 6.42 Å². The van der Waals surface area contributed by atoms with Gasteiger partial charge in [-0.1, -0.05) is 18.2 Å². The minimum absolute atomic E-state index is 0.241. The molecule has 1 aliphatic heterocycles. The zero-order chi connectivity index (χ0) is 15.5. The molecular formula is C15H20F2N2O2. The van der Waals surface area contributed by atoms with Crippen LogP contribution in [-0.4, -0.2) is 36.6 Å². The molecule has 1 atom stereocenters. The molecule has 1 heterocycles. The van der Waals surface area contributed by atoms with E-state index in [4.69, 9.17) is 4.74 Å². The fourth-order valence-electron chi connectivity index (χ4n) is 2.17. The molecule has 0 bridgehead atoms. The number of alkyl halides is 2. The van der Waals surface area contributed by atoms with E-state index < -0.39 is 36.4 Å². The standard InChI is InChI=1S/C15H20F2N2O2/c1-14(2,21-11-6-4-3-5-7-11)9-19-13(20)12-8-15(16,17)10-18-12/h3-7,12,18H,8-10H2,1-2H3,(H,19,20). The number of benzene rings is 1. The van der Waals surface area contributed by atoms with Crippen LogP contribution in [0.25, 0.3) is 0 Å². The fourth-order valence-corrected chi connectivity index (χ4v) is 2.17. The van der Waals surface area contributed by atoms with Gasteiger partial charge in [-0.3, -0.25) is 10.1 Å². The van der Waals surface area contributed by atoms with Crippen molar-refractivity contribution in [2.75, 3.05) is 13.1 Å². The van der Waals surface area contributed by atoms with Crippen molar-refractivity contribution >= 4 is 5.91 Å². The Hall–Kier alpha value is -1.69. The molecule has 21 heavy (non-hydrogen) atoms. The molecule has 1 fully saturated rings. The lowest BCUT2D eigenvalue weighted by Gasteiger charge is -2.27. The Kier molecular flexibility index (Phi) is 4.46. The monoisotopic (exact) mass is 298 g/mol. The van der Waals surface area contributed by atoms with E-state index in [2.05, 4.69) is 10.6 Å². The molecule has 2 N–H and O–H groups in total. The highest BCUT2D eigenvalue weighted by atomic mass is 19.3. The van der Waals surface area contributed by atoms with Gasteiger partial charge in [-0.05, 0) is 26.0 Å². The molecule has 0 radical (unpaired) electrons. The summed E-state index contributed by atoms with van der Waals surface area (Å²) in [5, 5.41) is 5.19. The van der Waals surface area contributed by atoms with Gasteiger partial charge in [-0.2, -0.15) is 0 Å². The summed E-state index contributed by atoms with van der Waals surface area (Å²) in [6.07, 6.45) is -0.460. The Morgan fingerprint density at radius 2 is 2.10 bits per heavy atom. The van der Waals surface area contributed by atoms with Crippen LogP contribution >= 0.6 is 0 Å². The second-order valence-electron chi connectivity index (χ2n) is 5.89. The molecular weight excluding hydrogens is 278 g/mol. The molecule has 0 spiro atoms. The molecule has 4 nitrogen and oxygen atoms in total. The van der Waals surface area contributed by atoms with Gasteiger partial charge < -0.3 is 10.1 Å². The summed E-state index contributed by atoms with van der Waals surface area (Å²) in [7, 11) is 0. The van der Waals surface area contributed by atoms with Gasteiger partial charge in [-0.15, -0.1) is 0 Å². The fraction of sp³-hybridized carbons (Fsp3) is 0.533. The lowest BCUT2D eigenvalue weighted by molar-refractivity contribution is -0.124. The Bertz CT molecular complexity index is 492. The van der Waals surface area contributed by atoms with Gasteiger partial charge in [-0.25, -0.2) is 8.78 Å². The summed E-state index contributed by atoms with van der Waals surface area (Å²) < 4.78 is 31.9. The van der Waals surface area contributed by atoms with Gasteiger partial charge in [0.25, 0.3) is 5.92 Å². The van der Waals surface area contributed by atoms with Gasteiger partial charge in [0.05, 0.1) is 19.1 Å². The van der Waals surface area contributed by atoms with Crippen molar-refractivity contribution < 1.29 is 18.3 Å². The zero-order valence-electron chi connectivity index (χ0n) is 12.2. The maximum absolute atomic E-state index is 13.0. The average molecular weight is 298 g/mol. The summed E-state index contributed by atoms with van der Waals surface area (Å²) in [4.78, 5) is 11.9. The lowest BCUT2D eigenvalue weighted by Crippen LogP contribution is -2.48. The number of carbonyl (C=O) groups is 1. The van der Waals surface area contributed by atoms with E-state index in [9.17, 15) is 13.6 Å². The molecule has 1 saturated heterocycles. The van der Waals surface area contributed by atoms with Crippen molar-refractivity contribution in [3.63, 3.8) is 0 Å². The van der Waals surface area contributed by atoms with E-state index in [1.807, 2.05) is 44.2 Å². The number of amides is 1. The van der Waals surface area contributed by atoms with Crippen LogP contribution in [-0.2, 0) is 4.79 Å². The van der Waals surface area contributed by atoms with Crippen molar-refractivity contribution in [2.45, 2.75) is 37.8 Å². The third-order valence-electron chi connectivity index (χ3n) is 3.25. The maximum Gasteiger partial charge on any atom is 0.262 e. The molecule has 116 valence electrons. The van der Waals surface area contributed by atoms with Crippen LogP contribution in [0.5, 0.6) is 5.75 Å². The number of ether oxygens (including phenoxy) is 1. The molecule has 1 amide bonds. The first-order valence-corrected chi connectivity index (χ1v) is 6.90. The number of para-hydroxylation sites is 1. The first-order chi connectivity index (χ1) is 9.77. The first-order valence-electron chi connectivity index (χ1n) is 6.90. The second-order valence-corrected chi connectivity index (χ2v) is 5.89. The summed E-state index contributed by atoms with van der Waals surface area (Å²) >= 11 is 0. The van der Waals surface area contributed by atoms with Crippen LogP contribution in [0.4, 0.5) is 8.78 Å². The highest BCUT2D eigenvalue weighted by Crippen LogP contribution is 2.25. The highest BCUT2D eigenvalue weighted by Gasteiger charge is 2.42. The van der Waals surface area contributed by atoms with Gasteiger partial charge in [0.1, 0.15) is 11.4 Å². The van der Waals surface area contributed by atoms with Gasteiger partial charge in [0.15, 0.2) is 0 Å². The minimum Gasteiger partial charge on any atom is -0.486 e. The zero-order valence-corrected chi connectivity index (χ0v) is 12.2. The number of hydrogen-bond donors (Lipinski definition) is 2. The van der Waals surface area contributed by atoms with Crippen molar-refractivity contribution in [2.24, 2.45) is 0 Å². The largest absolute Gasteiger partial charge is 0.486 e. The van der Waals surface area contributed by atoms with Gasteiger partial charge >= 0.3 is 0 Å². The van der Waals surface area contributed by atoms with E-state index in [0.29, 0.717) is 5.75 Å². The normalized spacial score (nSPS) is 21.0. The van der Waals surface area contributed by atoms with Crippen molar-refractivity contribution in [3.05, 3.63) is 30.3 Å². The lowest BCUT2D eigenvalue weighted by atomic mass is 10.1. The Labute approximate surface area is 122 Å². The average Bonchev–Trinajstić information content (AvgIpc) is 2.77. The molecule has 0 aliphatic carbocycles. The van der Waals surface area contributed by atoms with Crippen LogP contribution in [0.2, 0.25) is 0 Å². The summed E-state index contributed by atoms with van der Waals surface area (Å²) in [6, 6.07) is 8.40.